The van der Waals surface area contributed by atoms with Crippen molar-refractivity contribution in [2.24, 2.45) is 0 Å². The summed E-state index contributed by atoms with van der Waals surface area (Å²) in [4.78, 5) is 25.2. The van der Waals surface area contributed by atoms with Gasteiger partial charge in [0.15, 0.2) is 16.9 Å². The fraction of sp³-hybridized carbons (Fsp3) is 0.120. The summed E-state index contributed by atoms with van der Waals surface area (Å²) in [6.45, 7) is 0. The first kappa shape index (κ1) is 21.8. The molecule has 1 heterocycles. The van der Waals surface area contributed by atoms with Crippen molar-refractivity contribution in [1.29, 1.82) is 0 Å². The maximum Gasteiger partial charge on any atom is 0.306 e. The highest BCUT2D eigenvalue weighted by Crippen LogP contribution is 2.49. The molecular formula is C25H20O8. The van der Waals surface area contributed by atoms with Crippen molar-refractivity contribution in [2.45, 2.75) is 12.3 Å². The lowest BCUT2D eigenvalue weighted by atomic mass is 9.86. The van der Waals surface area contributed by atoms with Crippen LogP contribution >= 0.6 is 0 Å². The van der Waals surface area contributed by atoms with E-state index in [1.54, 1.807) is 42.5 Å². The van der Waals surface area contributed by atoms with Gasteiger partial charge in [-0.15, -0.1) is 0 Å². The average molecular weight is 448 g/mol. The molecule has 0 saturated carbocycles. The third-order valence-corrected chi connectivity index (χ3v) is 5.41. The van der Waals surface area contributed by atoms with E-state index in [-0.39, 0.29) is 34.5 Å². The molecule has 3 aromatic carbocycles. The molecule has 0 bridgehead atoms. The van der Waals surface area contributed by atoms with Crippen LogP contribution in [0.1, 0.15) is 23.5 Å². The maximum atomic E-state index is 13.0. The Bertz CT molecular complexity index is 1410. The molecule has 4 aromatic rings. The lowest BCUT2D eigenvalue weighted by molar-refractivity contribution is -0.140. The molecule has 0 fully saturated rings. The molecule has 8 heteroatoms. The van der Waals surface area contributed by atoms with E-state index in [4.69, 9.17) is 9.15 Å². The molecular weight excluding hydrogens is 428 g/mol. The Labute approximate surface area is 187 Å². The van der Waals surface area contributed by atoms with Gasteiger partial charge >= 0.3 is 5.97 Å². The van der Waals surface area contributed by atoms with Crippen molar-refractivity contribution in [2.75, 3.05) is 7.11 Å². The zero-order chi connectivity index (χ0) is 23.7. The number of carbonyl (C=O) groups is 1. The lowest BCUT2D eigenvalue weighted by Crippen LogP contribution is -2.12. The molecule has 0 unspecified atom stereocenters. The number of phenolic OH excluding ortho intramolecular Hbond substituents is 4. The lowest BCUT2D eigenvalue weighted by Gasteiger charge is -2.21. The second kappa shape index (κ2) is 8.58. The van der Waals surface area contributed by atoms with Crippen LogP contribution in [0.5, 0.6) is 23.0 Å². The number of hydrogen-bond donors (Lipinski definition) is 4. The van der Waals surface area contributed by atoms with E-state index in [1.165, 1.54) is 25.3 Å². The second-order valence-electron chi connectivity index (χ2n) is 7.43. The maximum absolute atomic E-state index is 13.0. The van der Waals surface area contributed by atoms with Gasteiger partial charge < -0.3 is 29.6 Å². The molecule has 0 radical (unpaired) electrons. The predicted octanol–water partition coefficient (Wildman–Crippen LogP) is 3.98. The molecule has 0 aliphatic carbocycles. The minimum Gasteiger partial charge on any atom is -0.508 e. The zero-order valence-electron chi connectivity index (χ0n) is 17.5. The second-order valence-corrected chi connectivity index (χ2v) is 7.43. The predicted molar refractivity (Wildman–Crippen MR) is 119 cm³/mol. The summed E-state index contributed by atoms with van der Waals surface area (Å²) in [7, 11) is 1.20. The van der Waals surface area contributed by atoms with Gasteiger partial charge in [0, 0.05) is 23.1 Å². The van der Waals surface area contributed by atoms with Gasteiger partial charge in [-0.25, -0.2) is 0 Å². The van der Waals surface area contributed by atoms with Crippen LogP contribution in [0.4, 0.5) is 0 Å². The number of carbonyl (C=O) groups excluding carboxylic acids is 1. The SMILES string of the molecule is COC(=O)C[C@H](c1cccc(O)c1)c1c(O)c(O)c(O)c2c(=O)cc(-c3ccccc3)oc12. The largest absolute Gasteiger partial charge is 0.508 e. The Morgan fingerprint density at radius 1 is 0.939 bits per heavy atom. The summed E-state index contributed by atoms with van der Waals surface area (Å²) >= 11 is 0. The smallest absolute Gasteiger partial charge is 0.306 e. The molecule has 1 atom stereocenters. The summed E-state index contributed by atoms with van der Waals surface area (Å²) in [5.41, 5.74) is -0.0132. The molecule has 1 aromatic heterocycles. The highest BCUT2D eigenvalue weighted by Gasteiger charge is 2.31. The van der Waals surface area contributed by atoms with Crippen molar-refractivity contribution in [3.8, 4) is 34.3 Å². The molecule has 0 aliphatic heterocycles. The molecule has 0 aliphatic rings. The van der Waals surface area contributed by atoms with Crippen LogP contribution in [0.2, 0.25) is 0 Å². The van der Waals surface area contributed by atoms with Crippen molar-refractivity contribution in [3.05, 3.63) is 82.0 Å². The van der Waals surface area contributed by atoms with Crippen LogP contribution in [0.25, 0.3) is 22.3 Å². The molecule has 0 amide bonds. The van der Waals surface area contributed by atoms with E-state index in [0.717, 1.165) is 0 Å². The monoisotopic (exact) mass is 448 g/mol. The first-order chi connectivity index (χ1) is 15.8. The molecule has 33 heavy (non-hydrogen) atoms. The van der Waals surface area contributed by atoms with Gasteiger partial charge in [-0.3, -0.25) is 9.59 Å². The van der Waals surface area contributed by atoms with Crippen LogP contribution in [0.15, 0.2) is 69.9 Å². The Morgan fingerprint density at radius 3 is 2.33 bits per heavy atom. The topological polar surface area (TPSA) is 137 Å². The fourth-order valence-electron chi connectivity index (χ4n) is 3.82. The molecule has 8 nitrogen and oxygen atoms in total. The molecule has 4 rings (SSSR count). The standard InChI is InChI=1S/C25H20O8/c1-32-19(28)11-16(14-8-5-9-15(26)10-14)20-22(29)24(31)23(30)21-17(27)12-18(33-25(20)21)13-6-3-2-4-7-13/h2-10,12,16,26,29-31H,11H2,1H3/t16-/m1/s1. The van der Waals surface area contributed by atoms with E-state index < -0.39 is 34.6 Å². The van der Waals surface area contributed by atoms with Crippen molar-refractivity contribution >= 4 is 16.9 Å². The highest BCUT2D eigenvalue weighted by atomic mass is 16.5. The molecule has 168 valence electrons. The number of esters is 1. The highest BCUT2D eigenvalue weighted by molar-refractivity contribution is 5.93. The van der Waals surface area contributed by atoms with Gasteiger partial charge in [0.25, 0.3) is 0 Å². The van der Waals surface area contributed by atoms with Crippen molar-refractivity contribution in [1.82, 2.24) is 0 Å². The van der Waals surface area contributed by atoms with Crippen LogP contribution in [0.3, 0.4) is 0 Å². The number of phenols is 4. The van der Waals surface area contributed by atoms with Gasteiger partial charge in [-0.1, -0.05) is 42.5 Å². The van der Waals surface area contributed by atoms with Gasteiger partial charge in [0.1, 0.15) is 22.5 Å². The number of methoxy groups -OCH3 is 1. The van der Waals surface area contributed by atoms with E-state index in [2.05, 4.69) is 0 Å². The minimum absolute atomic E-state index is 0.0967. The van der Waals surface area contributed by atoms with Crippen LogP contribution < -0.4 is 5.43 Å². The summed E-state index contributed by atoms with van der Waals surface area (Å²) < 4.78 is 10.8. The summed E-state index contributed by atoms with van der Waals surface area (Å²) in [5, 5.41) is 41.3. The van der Waals surface area contributed by atoms with Gasteiger partial charge in [0.05, 0.1) is 13.5 Å². The number of fused-ring (bicyclic) bond motifs is 1. The van der Waals surface area contributed by atoms with Crippen molar-refractivity contribution < 1.29 is 34.4 Å². The summed E-state index contributed by atoms with van der Waals surface area (Å²) in [6, 6.07) is 15.8. The normalized spacial score (nSPS) is 11.9. The average Bonchev–Trinajstić information content (AvgIpc) is 2.82. The summed E-state index contributed by atoms with van der Waals surface area (Å²) in [5.74, 6) is -4.10. The first-order valence-corrected chi connectivity index (χ1v) is 9.97. The molecule has 0 saturated heterocycles. The number of ether oxygens (including phenoxy) is 1. The third kappa shape index (κ3) is 3.94. The van der Waals surface area contributed by atoms with Gasteiger partial charge in [-0.2, -0.15) is 0 Å². The molecule has 4 N–H and O–H groups in total. The summed E-state index contributed by atoms with van der Waals surface area (Å²) in [6.07, 6.45) is -0.313. The van der Waals surface area contributed by atoms with E-state index in [0.29, 0.717) is 11.1 Å². The first-order valence-electron chi connectivity index (χ1n) is 9.97. The Hall–Kier alpha value is -4.46. The Morgan fingerprint density at radius 2 is 1.67 bits per heavy atom. The fourth-order valence-corrected chi connectivity index (χ4v) is 3.82. The number of hydrogen-bond acceptors (Lipinski definition) is 8. The number of benzene rings is 3. The number of aromatic hydroxyl groups is 4. The minimum atomic E-state index is -0.993. The van der Waals surface area contributed by atoms with Crippen molar-refractivity contribution in [3.63, 3.8) is 0 Å². The number of rotatable bonds is 5. The van der Waals surface area contributed by atoms with E-state index in [1.807, 2.05) is 0 Å². The third-order valence-electron chi connectivity index (χ3n) is 5.41. The molecule has 0 spiro atoms. The van der Waals surface area contributed by atoms with Gasteiger partial charge in [-0.05, 0) is 17.7 Å². The Kier molecular flexibility index (Phi) is 5.66. The van der Waals surface area contributed by atoms with E-state index in [9.17, 15) is 30.0 Å². The quantitative estimate of drug-likeness (QED) is 0.266. The van der Waals surface area contributed by atoms with Gasteiger partial charge in [0.2, 0.25) is 5.75 Å². The van der Waals surface area contributed by atoms with Crippen LogP contribution in [-0.2, 0) is 9.53 Å². The van der Waals surface area contributed by atoms with E-state index >= 15 is 0 Å². The van der Waals surface area contributed by atoms with Crippen LogP contribution in [0, 0.1) is 0 Å². The van der Waals surface area contributed by atoms with Crippen LogP contribution in [-0.4, -0.2) is 33.5 Å². The Balaban J connectivity index is 2.10. The zero-order valence-corrected chi connectivity index (χ0v) is 17.5.